The number of aryl methyl sites for hydroxylation is 1. The minimum Gasteiger partial charge on any atom is -0.481 e. The van der Waals surface area contributed by atoms with E-state index in [1.54, 1.807) is 11.8 Å². The highest BCUT2D eigenvalue weighted by Gasteiger charge is 2.22. The number of carbonyl (C=O) groups excluding carboxylic acids is 1. The molecule has 23 heavy (non-hydrogen) atoms. The van der Waals surface area contributed by atoms with E-state index in [0.29, 0.717) is 17.0 Å². The van der Waals surface area contributed by atoms with Crippen molar-refractivity contribution in [3.63, 3.8) is 0 Å². The molecule has 1 unspecified atom stereocenters. The molecule has 8 heteroatoms. The molecule has 2 N–H and O–H groups in total. The highest BCUT2D eigenvalue weighted by molar-refractivity contribution is 7.98. The lowest BCUT2D eigenvalue weighted by molar-refractivity contribution is -0.137. The predicted octanol–water partition coefficient (Wildman–Crippen LogP) is 2.77. The van der Waals surface area contributed by atoms with Crippen molar-refractivity contribution in [2.24, 2.45) is 0 Å². The molecule has 2 rings (SSSR count). The molecular weight excluding hydrogens is 334 g/mol. The summed E-state index contributed by atoms with van der Waals surface area (Å²) in [6.45, 7) is 1.89. The number of benzene rings is 1. The second kappa shape index (κ2) is 8.07. The smallest absolute Gasteiger partial charge is 0.305 e. The van der Waals surface area contributed by atoms with Crippen LogP contribution >= 0.6 is 23.3 Å². The van der Waals surface area contributed by atoms with Crippen molar-refractivity contribution < 1.29 is 14.7 Å². The van der Waals surface area contributed by atoms with Crippen molar-refractivity contribution in [2.45, 2.75) is 30.7 Å². The SMILES string of the molecule is CCc1nnsc1C(=O)NC(CC(=O)O)c1ccc(SC)cc1. The van der Waals surface area contributed by atoms with Crippen LogP contribution in [0, 0.1) is 0 Å². The van der Waals surface area contributed by atoms with Crippen molar-refractivity contribution in [1.29, 1.82) is 0 Å². The number of rotatable bonds is 7. The van der Waals surface area contributed by atoms with E-state index in [2.05, 4.69) is 14.9 Å². The van der Waals surface area contributed by atoms with Gasteiger partial charge in [0.2, 0.25) is 0 Å². The Labute approximate surface area is 142 Å². The van der Waals surface area contributed by atoms with Gasteiger partial charge in [0.15, 0.2) is 0 Å². The molecule has 1 atom stereocenters. The molecule has 0 saturated carbocycles. The average Bonchev–Trinajstić information content (AvgIpc) is 3.02. The van der Waals surface area contributed by atoms with Crippen LogP contribution in [0.5, 0.6) is 0 Å². The third-order valence-electron chi connectivity index (χ3n) is 3.30. The van der Waals surface area contributed by atoms with Crippen LogP contribution in [0.25, 0.3) is 0 Å². The van der Waals surface area contributed by atoms with Gasteiger partial charge >= 0.3 is 5.97 Å². The summed E-state index contributed by atoms with van der Waals surface area (Å²) in [5, 5.41) is 15.8. The van der Waals surface area contributed by atoms with E-state index in [9.17, 15) is 9.59 Å². The Kier molecular flexibility index (Phi) is 6.12. The molecule has 1 aromatic carbocycles. The van der Waals surface area contributed by atoms with E-state index < -0.39 is 12.0 Å². The van der Waals surface area contributed by atoms with Crippen molar-refractivity contribution in [3.05, 3.63) is 40.4 Å². The standard InChI is InChI=1S/C15H17N3O3S2/c1-3-11-14(23-18-17-11)15(21)16-12(8-13(19)20)9-4-6-10(22-2)7-5-9/h4-7,12H,3,8H2,1-2H3,(H,16,21)(H,19,20). The van der Waals surface area contributed by atoms with E-state index >= 15 is 0 Å². The van der Waals surface area contributed by atoms with Crippen LogP contribution in [0.1, 0.15) is 40.3 Å². The quantitative estimate of drug-likeness (QED) is 0.745. The molecule has 6 nitrogen and oxygen atoms in total. The summed E-state index contributed by atoms with van der Waals surface area (Å²) < 4.78 is 3.79. The molecule has 0 aliphatic carbocycles. The summed E-state index contributed by atoms with van der Waals surface area (Å²) in [4.78, 5) is 25.0. The summed E-state index contributed by atoms with van der Waals surface area (Å²) in [6, 6.07) is 6.90. The average molecular weight is 351 g/mol. The van der Waals surface area contributed by atoms with Crippen molar-refractivity contribution >= 4 is 35.2 Å². The van der Waals surface area contributed by atoms with E-state index in [1.165, 1.54) is 0 Å². The van der Waals surface area contributed by atoms with Crippen molar-refractivity contribution in [3.8, 4) is 0 Å². The lowest BCUT2D eigenvalue weighted by atomic mass is 10.0. The monoisotopic (exact) mass is 351 g/mol. The normalized spacial score (nSPS) is 11.9. The number of hydrogen-bond donors (Lipinski definition) is 2. The van der Waals surface area contributed by atoms with Crippen LogP contribution in [0.4, 0.5) is 0 Å². The van der Waals surface area contributed by atoms with Gasteiger partial charge in [-0.05, 0) is 41.9 Å². The summed E-state index contributed by atoms with van der Waals surface area (Å²) in [5.41, 5.74) is 1.38. The third kappa shape index (κ3) is 4.52. The molecule has 122 valence electrons. The molecule has 1 amide bonds. The number of carboxylic acids is 1. The first-order chi connectivity index (χ1) is 11.0. The van der Waals surface area contributed by atoms with E-state index in [0.717, 1.165) is 22.0 Å². The van der Waals surface area contributed by atoms with Crippen LogP contribution in [0.2, 0.25) is 0 Å². The number of amides is 1. The van der Waals surface area contributed by atoms with E-state index in [1.807, 2.05) is 37.4 Å². The number of hydrogen-bond acceptors (Lipinski definition) is 6. The minimum atomic E-state index is -0.970. The summed E-state index contributed by atoms with van der Waals surface area (Å²) in [6.07, 6.45) is 2.39. The second-order valence-electron chi connectivity index (χ2n) is 4.80. The molecule has 2 aromatic rings. The molecule has 0 bridgehead atoms. The van der Waals surface area contributed by atoms with E-state index in [-0.39, 0.29) is 12.3 Å². The number of carboxylic acid groups (broad SMARTS) is 1. The Balaban J connectivity index is 2.21. The van der Waals surface area contributed by atoms with Gasteiger partial charge in [0.05, 0.1) is 18.2 Å². The Hall–Kier alpha value is -1.93. The van der Waals surface area contributed by atoms with Gasteiger partial charge in [0, 0.05) is 4.90 Å². The van der Waals surface area contributed by atoms with Crippen LogP contribution < -0.4 is 5.32 Å². The predicted molar refractivity (Wildman–Crippen MR) is 90.0 cm³/mol. The lowest BCUT2D eigenvalue weighted by Gasteiger charge is -2.17. The lowest BCUT2D eigenvalue weighted by Crippen LogP contribution is -2.30. The van der Waals surface area contributed by atoms with Gasteiger partial charge in [-0.25, -0.2) is 0 Å². The number of thioether (sulfide) groups is 1. The third-order valence-corrected chi connectivity index (χ3v) is 4.81. The number of carbonyl (C=O) groups is 2. The maximum atomic E-state index is 12.4. The zero-order valence-electron chi connectivity index (χ0n) is 12.8. The summed E-state index contributed by atoms with van der Waals surface area (Å²) >= 11 is 2.62. The zero-order chi connectivity index (χ0) is 16.8. The Morgan fingerprint density at radius 1 is 1.35 bits per heavy atom. The molecule has 1 aromatic heterocycles. The zero-order valence-corrected chi connectivity index (χ0v) is 14.4. The van der Waals surface area contributed by atoms with Crippen LogP contribution in [-0.2, 0) is 11.2 Å². The van der Waals surface area contributed by atoms with Gasteiger partial charge in [-0.1, -0.05) is 23.5 Å². The number of aromatic nitrogens is 2. The van der Waals surface area contributed by atoms with Gasteiger partial charge in [-0.2, -0.15) is 0 Å². The summed E-state index contributed by atoms with van der Waals surface area (Å²) in [5.74, 6) is -1.31. The Morgan fingerprint density at radius 3 is 2.61 bits per heavy atom. The van der Waals surface area contributed by atoms with Gasteiger partial charge in [0.25, 0.3) is 5.91 Å². The molecule has 0 saturated heterocycles. The minimum absolute atomic E-state index is 0.182. The van der Waals surface area contributed by atoms with Gasteiger partial charge in [0.1, 0.15) is 4.88 Å². The van der Waals surface area contributed by atoms with E-state index in [4.69, 9.17) is 5.11 Å². The first-order valence-electron chi connectivity index (χ1n) is 7.03. The fourth-order valence-corrected chi connectivity index (χ4v) is 3.16. The molecule has 0 radical (unpaired) electrons. The van der Waals surface area contributed by atoms with Crippen molar-refractivity contribution in [1.82, 2.24) is 14.9 Å². The van der Waals surface area contributed by atoms with Crippen molar-refractivity contribution in [2.75, 3.05) is 6.26 Å². The highest BCUT2D eigenvalue weighted by atomic mass is 32.2. The van der Waals surface area contributed by atoms with Gasteiger partial charge in [-0.15, -0.1) is 16.9 Å². The molecule has 0 spiro atoms. The second-order valence-corrected chi connectivity index (χ2v) is 6.43. The number of nitrogens with one attached hydrogen (secondary N) is 1. The molecule has 0 aliphatic heterocycles. The fraction of sp³-hybridized carbons (Fsp3) is 0.333. The van der Waals surface area contributed by atoms with Crippen LogP contribution in [0.3, 0.4) is 0 Å². The molecule has 0 fully saturated rings. The number of aliphatic carboxylic acids is 1. The maximum Gasteiger partial charge on any atom is 0.305 e. The topological polar surface area (TPSA) is 92.2 Å². The molecule has 0 aliphatic rings. The largest absolute Gasteiger partial charge is 0.481 e. The molecular formula is C15H17N3O3S2. The molecule has 1 heterocycles. The Bertz CT molecular complexity index is 686. The van der Waals surface area contributed by atoms with Gasteiger partial charge in [-0.3, -0.25) is 9.59 Å². The first kappa shape index (κ1) is 17.4. The summed E-state index contributed by atoms with van der Waals surface area (Å²) in [7, 11) is 0. The van der Waals surface area contributed by atoms with Crippen LogP contribution in [-0.4, -0.2) is 32.8 Å². The maximum absolute atomic E-state index is 12.4. The van der Waals surface area contributed by atoms with Gasteiger partial charge < -0.3 is 10.4 Å². The number of nitrogens with zero attached hydrogens (tertiary/aromatic N) is 2. The first-order valence-corrected chi connectivity index (χ1v) is 9.02. The van der Waals surface area contributed by atoms with Crippen LogP contribution in [0.15, 0.2) is 29.2 Å². The Morgan fingerprint density at radius 2 is 2.04 bits per heavy atom. The fourth-order valence-electron chi connectivity index (χ4n) is 2.10. The highest BCUT2D eigenvalue weighted by Crippen LogP contribution is 2.22.